The Balaban J connectivity index is 3.71. The molecule has 0 atom stereocenters. The van der Waals surface area contributed by atoms with Crippen LogP contribution in [0.3, 0.4) is 0 Å². The molecule has 86 valence electrons. The molecule has 0 amide bonds. The van der Waals surface area contributed by atoms with Gasteiger partial charge in [-0.25, -0.2) is 0 Å². The lowest BCUT2D eigenvalue weighted by atomic mass is 10.2. The highest BCUT2D eigenvalue weighted by Crippen LogP contribution is 2.12. The molecule has 0 rings (SSSR count). The second-order valence-corrected chi connectivity index (χ2v) is 6.60. The zero-order valence-corrected chi connectivity index (χ0v) is 10.8. The molecule has 0 aromatic rings. The number of rotatable bonds is 8. The van der Waals surface area contributed by atoms with Gasteiger partial charge in [0, 0.05) is 34.0 Å². The van der Waals surface area contributed by atoms with Crippen LogP contribution >= 0.6 is 0 Å². The van der Waals surface area contributed by atoms with E-state index in [-0.39, 0.29) is 0 Å². The topological polar surface area (TPSA) is 36.9 Å². The molecule has 0 aliphatic carbocycles. The molecule has 0 bridgehead atoms. The zero-order valence-electron chi connectivity index (χ0n) is 9.83. The highest BCUT2D eigenvalue weighted by Gasteiger charge is 2.37. The van der Waals surface area contributed by atoms with Crippen LogP contribution < -0.4 is 0 Å². The van der Waals surface area contributed by atoms with Crippen molar-refractivity contribution < 1.29 is 18.0 Å². The van der Waals surface area contributed by atoms with E-state index in [0.29, 0.717) is 18.6 Å². The summed E-state index contributed by atoms with van der Waals surface area (Å²) in [7, 11) is 2.42. The summed E-state index contributed by atoms with van der Waals surface area (Å²) < 4.78 is 21.2. The molecule has 0 aliphatic heterocycles. The molecular formula is C9H22O4Si. The molecule has 0 aromatic heterocycles. The highest BCUT2D eigenvalue weighted by molar-refractivity contribution is 6.60. The molecule has 0 heterocycles. The van der Waals surface area contributed by atoms with Crippen molar-refractivity contribution in [3.05, 3.63) is 0 Å². The van der Waals surface area contributed by atoms with E-state index in [4.69, 9.17) is 18.0 Å². The summed E-state index contributed by atoms with van der Waals surface area (Å²) in [5.74, 6) is 0.554. The van der Waals surface area contributed by atoms with E-state index in [2.05, 4.69) is 13.8 Å². The second-order valence-electron chi connectivity index (χ2n) is 3.51. The third-order valence-electron chi connectivity index (χ3n) is 1.94. The summed E-state index contributed by atoms with van der Waals surface area (Å²) in [4.78, 5) is 0. The molecule has 0 radical (unpaired) electrons. The molecule has 4 nitrogen and oxygen atoms in total. The summed E-state index contributed by atoms with van der Waals surface area (Å²) in [6.07, 6.45) is 0. The average molecular weight is 222 g/mol. The smallest absolute Gasteiger partial charge is 0.381 e. The Morgan fingerprint density at radius 1 is 1.00 bits per heavy atom. The van der Waals surface area contributed by atoms with Crippen molar-refractivity contribution in [2.24, 2.45) is 5.92 Å². The van der Waals surface area contributed by atoms with Gasteiger partial charge in [-0.15, -0.1) is 0 Å². The summed E-state index contributed by atoms with van der Waals surface area (Å²) in [5, 5.41) is 0. The quantitative estimate of drug-likeness (QED) is 0.461. The van der Waals surface area contributed by atoms with Crippen LogP contribution in [-0.2, 0) is 18.0 Å². The van der Waals surface area contributed by atoms with Gasteiger partial charge in [0.15, 0.2) is 0 Å². The van der Waals surface area contributed by atoms with Gasteiger partial charge in [-0.05, 0) is 5.92 Å². The van der Waals surface area contributed by atoms with Crippen LogP contribution in [0, 0.1) is 5.92 Å². The van der Waals surface area contributed by atoms with Gasteiger partial charge in [-0.2, -0.15) is 0 Å². The first-order valence-electron chi connectivity index (χ1n) is 4.83. The molecule has 0 unspecified atom stereocenters. The van der Waals surface area contributed by atoms with Crippen LogP contribution in [0.4, 0.5) is 0 Å². The fourth-order valence-corrected chi connectivity index (χ4v) is 2.58. The first-order chi connectivity index (χ1) is 6.60. The van der Waals surface area contributed by atoms with E-state index in [9.17, 15) is 0 Å². The number of hydrogen-bond acceptors (Lipinski definition) is 4. The fraction of sp³-hybridized carbons (Fsp3) is 1.00. The predicted molar refractivity (Wildman–Crippen MR) is 57.2 cm³/mol. The Labute approximate surface area is 87.9 Å². The van der Waals surface area contributed by atoms with Gasteiger partial charge in [-0.3, -0.25) is 0 Å². The SMILES string of the molecule is CO[Si](CCOCC(C)C)(OC)OC. The van der Waals surface area contributed by atoms with E-state index in [1.807, 2.05) is 0 Å². The molecule has 0 aliphatic rings. The van der Waals surface area contributed by atoms with E-state index in [1.165, 1.54) is 0 Å². The highest BCUT2D eigenvalue weighted by atomic mass is 28.4. The largest absolute Gasteiger partial charge is 0.502 e. The molecule has 0 N–H and O–H groups in total. The van der Waals surface area contributed by atoms with Gasteiger partial charge in [-0.1, -0.05) is 13.8 Å². The summed E-state index contributed by atoms with van der Waals surface area (Å²) >= 11 is 0. The van der Waals surface area contributed by atoms with Crippen molar-refractivity contribution in [3.8, 4) is 0 Å². The first kappa shape index (κ1) is 14.1. The van der Waals surface area contributed by atoms with Crippen molar-refractivity contribution in [2.45, 2.75) is 19.9 Å². The van der Waals surface area contributed by atoms with Gasteiger partial charge in [0.2, 0.25) is 0 Å². The second kappa shape index (κ2) is 7.36. The maximum Gasteiger partial charge on any atom is 0.502 e. The van der Waals surface area contributed by atoms with E-state index in [1.54, 1.807) is 21.3 Å². The molecule has 14 heavy (non-hydrogen) atoms. The lowest BCUT2D eigenvalue weighted by Crippen LogP contribution is -2.43. The number of hydrogen-bond donors (Lipinski definition) is 0. The summed E-state index contributed by atoms with van der Waals surface area (Å²) in [6, 6.07) is 0.698. The van der Waals surface area contributed by atoms with Crippen LogP contribution in [0.25, 0.3) is 0 Å². The monoisotopic (exact) mass is 222 g/mol. The van der Waals surface area contributed by atoms with Crippen LogP contribution in [-0.4, -0.2) is 43.3 Å². The Kier molecular flexibility index (Phi) is 7.39. The molecule has 5 heteroatoms. The van der Waals surface area contributed by atoms with Crippen molar-refractivity contribution in [2.75, 3.05) is 34.5 Å². The van der Waals surface area contributed by atoms with Gasteiger partial charge in [0.1, 0.15) is 0 Å². The van der Waals surface area contributed by atoms with E-state index < -0.39 is 8.80 Å². The van der Waals surface area contributed by atoms with Gasteiger partial charge < -0.3 is 18.0 Å². The minimum Gasteiger partial charge on any atom is -0.381 e. The van der Waals surface area contributed by atoms with Crippen LogP contribution in [0.5, 0.6) is 0 Å². The Morgan fingerprint density at radius 2 is 1.50 bits per heavy atom. The third-order valence-corrected chi connectivity index (χ3v) is 4.62. The first-order valence-corrected chi connectivity index (χ1v) is 6.76. The van der Waals surface area contributed by atoms with Gasteiger partial charge in [0.05, 0.1) is 6.61 Å². The molecular weight excluding hydrogens is 200 g/mol. The Hall–Kier alpha value is 0.0569. The van der Waals surface area contributed by atoms with Crippen molar-refractivity contribution in [3.63, 3.8) is 0 Å². The molecule has 0 spiro atoms. The lowest BCUT2D eigenvalue weighted by Gasteiger charge is -2.24. The van der Waals surface area contributed by atoms with Crippen LogP contribution in [0.1, 0.15) is 13.8 Å². The Morgan fingerprint density at radius 3 is 1.86 bits per heavy atom. The van der Waals surface area contributed by atoms with Gasteiger partial charge in [0.25, 0.3) is 0 Å². The minimum absolute atomic E-state index is 0.554. The fourth-order valence-electron chi connectivity index (χ4n) is 1.07. The van der Waals surface area contributed by atoms with E-state index in [0.717, 1.165) is 6.61 Å². The summed E-state index contributed by atoms with van der Waals surface area (Å²) in [6.45, 7) is 5.63. The predicted octanol–water partition coefficient (Wildman–Crippen LogP) is 1.54. The maximum absolute atomic E-state index is 5.45. The van der Waals surface area contributed by atoms with Crippen molar-refractivity contribution in [1.82, 2.24) is 0 Å². The lowest BCUT2D eigenvalue weighted by molar-refractivity contribution is 0.0856. The summed E-state index contributed by atoms with van der Waals surface area (Å²) in [5.41, 5.74) is 0. The normalized spacial score (nSPS) is 12.4. The van der Waals surface area contributed by atoms with Gasteiger partial charge >= 0.3 is 8.80 Å². The minimum atomic E-state index is -2.41. The molecule has 0 saturated carbocycles. The molecule has 0 aromatic carbocycles. The maximum atomic E-state index is 5.45. The van der Waals surface area contributed by atoms with Crippen LogP contribution in [0.2, 0.25) is 6.04 Å². The van der Waals surface area contributed by atoms with Crippen molar-refractivity contribution >= 4 is 8.80 Å². The van der Waals surface area contributed by atoms with Crippen LogP contribution in [0.15, 0.2) is 0 Å². The van der Waals surface area contributed by atoms with E-state index >= 15 is 0 Å². The average Bonchev–Trinajstić information content (AvgIpc) is 2.19. The van der Waals surface area contributed by atoms with Crippen molar-refractivity contribution in [1.29, 1.82) is 0 Å². The third kappa shape index (κ3) is 5.07. The zero-order chi connectivity index (χ0) is 11.0. The standard InChI is InChI=1S/C9H22O4Si/c1-9(2)8-13-6-7-14(10-3,11-4)12-5/h9H,6-8H2,1-5H3. The Bertz CT molecular complexity index is 129. The molecule has 0 fully saturated rings. The molecule has 0 saturated heterocycles. The number of ether oxygens (including phenoxy) is 1.